The molecule has 0 unspecified atom stereocenters. The van der Waals surface area contributed by atoms with Crippen LogP contribution in [0.15, 0.2) is 103 Å². The highest BCUT2D eigenvalue weighted by Gasteiger charge is 2.08. The molecule has 1 rings (SSSR count). The number of Topliss-reactive ketones (excluding diaryl/α,β-unsaturated/α-hetero) is 1. The molecule has 0 saturated heterocycles. The lowest BCUT2D eigenvalue weighted by molar-refractivity contribution is -0.148. The molecule has 240 valence electrons. The van der Waals surface area contributed by atoms with Gasteiger partial charge in [-0.05, 0) is 56.9 Å². The minimum Gasteiger partial charge on any atom is -0.456 e. The Balaban J connectivity index is 2.01. The standard InChI is InChI=1S/C37H52N2O4S/c1-2-3-4-5-6-7-8-9-10-11-12-13-14-15-16-17-21-24-35(40)27-25-34(38)26-28-37(42)43-31-36(41)39-29-30-44-32-33-22-19-18-20-23-33/h3-4,6-7,9-10,12-13,15-16,18-20,22-23,25H,2,5,8,11,14,17,21,24,26-32,38H2,1H3,(H,39,41)/b4-3?,7-6?,10-9?,13-12?,16-15?,34-25-. The van der Waals surface area contributed by atoms with E-state index in [0.29, 0.717) is 25.1 Å². The minimum absolute atomic E-state index is 0.0702. The Bertz CT molecular complexity index is 1100. The van der Waals surface area contributed by atoms with E-state index in [1.807, 2.05) is 18.2 Å². The van der Waals surface area contributed by atoms with Crippen molar-refractivity contribution in [3.63, 3.8) is 0 Å². The van der Waals surface area contributed by atoms with Gasteiger partial charge in [-0.1, -0.05) is 104 Å². The maximum Gasteiger partial charge on any atom is 0.306 e. The van der Waals surface area contributed by atoms with Crippen LogP contribution in [0.25, 0.3) is 0 Å². The van der Waals surface area contributed by atoms with Gasteiger partial charge in [0.05, 0.1) is 6.42 Å². The quantitative estimate of drug-likeness (QED) is 0.0651. The summed E-state index contributed by atoms with van der Waals surface area (Å²) in [6, 6.07) is 10.1. The molecule has 0 saturated carbocycles. The molecule has 44 heavy (non-hydrogen) atoms. The molecule has 0 aliphatic carbocycles. The number of ether oxygens (including phenoxy) is 1. The summed E-state index contributed by atoms with van der Waals surface area (Å²) < 4.78 is 5.02. The number of nitrogens with two attached hydrogens (primary N) is 1. The molecule has 0 aliphatic heterocycles. The number of hydrogen-bond acceptors (Lipinski definition) is 6. The van der Waals surface area contributed by atoms with E-state index in [2.05, 4.69) is 85.1 Å². The molecule has 7 heteroatoms. The fourth-order valence-electron chi connectivity index (χ4n) is 3.78. The van der Waals surface area contributed by atoms with E-state index in [1.165, 1.54) is 5.56 Å². The number of benzene rings is 1. The second-order valence-electron chi connectivity index (χ2n) is 10.2. The topological polar surface area (TPSA) is 98.5 Å². The van der Waals surface area contributed by atoms with Gasteiger partial charge in [-0.3, -0.25) is 14.4 Å². The van der Waals surface area contributed by atoms with Crippen LogP contribution in [0, 0.1) is 0 Å². The van der Waals surface area contributed by atoms with E-state index in [1.54, 1.807) is 17.8 Å². The van der Waals surface area contributed by atoms with E-state index in [4.69, 9.17) is 10.5 Å². The van der Waals surface area contributed by atoms with E-state index < -0.39 is 5.97 Å². The zero-order chi connectivity index (χ0) is 31.9. The summed E-state index contributed by atoms with van der Waals surface area (Å²) in [5, 5.41) is 2.75. The van der Waals surface area contributed by atoms with Crippen LogP contribution in [0.4, 0.5) is 0 Å². The zero-order valence-electron chi connectivity index (χ0n) is 26.5. The molecule has 0 bridgehead atoms. The lowest BCUT2D eigenvalue weighted by Gasteiger charge is -2.07. The maximum absolute atomic E-state index is 12.1. The number of thioether (sulfide) groups is 1. The van der Waals surface area contributed by atoms with Gasteiger partial charge in [0.15, 0.2) is 6.61 Å². The third kappa shape index (κ3) is 25.0. The van der Waals surface area contributed by atoms with E-state index in [-0.39, 0.29) is 31.1 Å². The predicted molar refractivity (Wildman–Crippen MR) is 186 cm³/mol. The van der Waals surface area contributed by atoms with Crippen LogP contribution in [-0.4, -0.2) is 36.6 Å². The fourth-order valence-corrected chi connectivity index (χ4v) is 4.60. The lowest BCUT2D eigenvalue weighted by Crippen LogP contribution is -2.30. The summed E-state index contributed by atoms with van der Waals surface area (Å²) in [6.45, 7) is 2.35. The largest absolute Gasteiger partial charge is 0.456 e. The van der Waals surface area contributed by atoms with Crippen molar-refractivity contribution in [3.8, 4) is 0 Å². The number of hydrogen-bond donors (Lipinski definition) is 2. The van der Waals surface area contributed by atoms with Crippen LogP contribution in [-0.2, 0) is 24.9 Å². The summed E-state index contributed by atoms with van der Waals surface area (Å²) in [7, 11) is 0. The van der Waals surface area contributed by atoms with Crippen molar-refractivity contribution < 1.29 is 19.1 Å². The SMILES string of the molecule is CCC=CCC=CCC=CCC=CCC=CCCCC(=O)C/C=C(\N)CCC(=O)OCC(=O)NCCSCc1ccccc1. The lowest BCUT2D eigenvalue weighted by atomic mass is 10.1. The van der Waals surface area contributed by atoms with Crippen molar-refractivity contribution in [1.29, 1.82) is 0 Å². The summed E-state index contributed by atoms with van der Waals surface area (Å²) in [5.74, 6) is 0.979. The van der Waals surface area contributed by atoms with Crippen LogP contribution in [0.3, 0.4) is 0 Å². The first-order valence-electron chi connectivity index (χ1n) is 15.8. The molecule has 0 heterocycles. The van der Waals surface area contributed by atoms with Gasteiger partial charge in [0.1, 0.15) is 5.78 Å². The first-order chi connectivity index (χ1) is 21.5. The van der Waals surface area contributed by atoms with Crippen LogP contribution < -0.4 is 11.1 Å². The number of allylic oxidation sites excluding steroid dienone is 12. The van der Waals surface area contributed by atoms with Gasteiger partial charge in [-0.15, -0.1) is 0 Å². The van der Waals surface area contributed by atoms with E-state index >= 15 is 0 Å². The second kappa shape index (κ2) is 28.2. The van der Waals surface area contributed by atoms with E-state index in [0.717, 1.165) is 56.5 Å². The monoisotopic (exact) mass is 620 g/mol. The molecule has 1 amide bonds. The van der Waals surface area contributed by atoms with Crippen molar-refractivity contribution in [3.05, 3.63) is 108 Å². The Morgan fingerprint density at radius 3 is 2.07 bits per heavy atom. The minimum atomic E-state index is -0.488. The summed E-state index contributed by atoms with van der Waals surface area (Å²) in [5.41, 5.74) is 7.67. The number of unbranched alkanes of at least 4 members (excludes halogenated alkanes) is 1. The number of carbonyl (C=O) groups is 3. The van der Waals surface area contributed by atoms with Gasteiger partial charge < -0.3 is 15.8 Å². The number of carbonyl (C=O) groups excluding carboxylic acids is 3. The zero-order valence-corrected chi connectivity index (χ0v) is 27.3. The molecule has 0 spiro atoms. The Morgan fingerprint density at radius 1 is 0.818 bits per heavy atom. The molecule has 0 aliphatic rings. The molecule has 0 radical (unpaired) electrons. The van der Waals surface area contributed by atoms with Crippen molar-refractivity contribution in [2.75, 3.05) is 18.9 Å². The smallest absolute Gasteiger partial charge is 0.306 e. The van der Waals surface area contributed by atoms with Crippen molar-refractivity contribution in [1.82, 2.24) is 5.32 Å². The Morgan fingerprint density at radius 2 is 1.43 bits per heavy atom. The molecular weight excluding hydrogens is 568 g/mol. The maximum atomic E-state index is 12.1. The molecular formula is C37H52N2O4S. The average molecular weight is 621 g/mol. The molecule has 1 aromatic rings. The first-order valence-corrected chi connectivity index (χ1v) is 16.9. The highest BCUT2D eigenvalue weighted by atomic mass is 32.2. The third-order valence-corrected chi connectivity index (χ3v) is 7.27. The number of rotatable bonds is 25. The Kier molecular flexibility index (Phi) is 24.6. The molecule has 3 N–H and O–H groups in total. The molecule has 0 aromatic heterocycles. The summed E-state index contributed by atoms with van der Waals surface area (Å²) in [6.07, 6.45) is 31.1. The third-order valence-electron chi connectivity index (χ3n) is 6.24. The van der Waals surface area contributed by atoms with Gasteiger partial charge in [-0.25, -0.2) is 0 Å². The van der Waals surface area contributed by atoms with Gasteiger partial charge >= 0.3 is 5.97 Å². The number of nitrogens with one attached hydrogen (secondary N) is 1. The van der Waals surface area contributed by atoms with Crippen LogP contribution in [0.5, 0.6) is 0 Å². The van der Waals surface area contributed by atoms with Gasteiger partial charge in [-0.2, -0.15) is 11.8 Å². The normalized spacial score (nSPS) is 12.3. The van der Waals surface area contributed by atoms with Gasteiger partial charge in [0.2, 0.25) is 0 Å². The number of amides is 1. The Labute approximate surface area is 269 Å². The van der Waals surface area contributed by atoms with Crippen LogP contribution in [0.2, 0.25) is 0 Å². The number of esters is 1. The van der Waals surface area contributed by atoms with Gasteiger partial charge in [0.25, 0.3) is 5.91 Å². The number of ketones is 1. The first kappa shape index (κ1) is 38.4. The molecule has 0 atom stereocenters. The average Bonchev–Trinajstić information content (AvgIpc) is 3.03. The summed E-state index contributed by atoms with van der Waals surface area (Å²) >= 11 is 1.73. The van der Waals surface area contributed by atoms with Gasteiger partial charge in [0, 0.05) is 36.6 Å². The molecule has 6 nitrogen and oxygen atoms in total. The fraction of sp³-hybridized carbons (Fsp3) is 0.432. The molecule has 0 fully saturated rings. The van der Waals surface area contributed by atoms with Crippen molar-refractivity contribution >= 4 is 29.4 Å². The highest BCUT2D eigenvalue weighted by Crippen LogP contribution is 2.10. The van der Waals surface area contributed by atoms with Crippen LogP contribution in [0.1, 0.15) is 83.1 Å². The Hall–Kier alpha value is -3.58. The second-order valence-corrected chi connectivity index (χ2v) is 11.3. The predicted octanol–water partition coefficient (Wildman–Crippen LogP) is 8.08. The van der Waals surface area contributed by atoms with Crippen molar-refractivity contribution in [2.24, 2.45) is 5.73 Å². The van der Waals surface area contributed by atoms with Crippen LogP contribution >= 0.6 is 11.8 Å². The summed E-state index contributed by atoms with van der Waals surface area (Å²) in [4.78, 5) is 35.9. The van der Waals surface area contributed by atoms with Crippen molar-refractivity contribution in [2.45, 2.75) is 83.3 Å². The molecule has 1 aromatic carbocycles. The van der Waals surface area contributed by atoms with E-state index in [9.17, 15) is 14.4 Å². The highest BCUT2D eigenvalue weighted by molar-refractivity contribution is 7.98.